The van der Waals surface area contributed by atoms with Gasteiger partial charge in [0.1, 0.15) is 0 Å². The summed E-state index contributed by atoms with van der Waals surface area (Å²) in [6.45, 7) is 2.10. The zero-order valence-electron chi connectivity index (χ0n) is 9.75. The lowest BCUT2D eigenvalue weighted by Crippen LogP contribution is -2.20. The quantitative estimate of drug-likeness (QED) is 0.785. The molecule has 1 atom stereocenters. The molecule has 0 aliphatic rings. The first-order chi connectivity index (χ1) is 8.23. The van der Waals surface area contributed by atoms with Gasteiger partial charge in [-0.05, 0) is 13.0 Å². The van der Waals surface area contributed by atoms with Crippen LogP contribution in [0.1, 0.15) is 31.1 Å². The molecule has 6 heteroatoms. The molecule has 0 amide bonds. The van der Waals surface area contributed by atoms with Gasteiger partial charge in [0.15, 0.2) is 11.9 Å². The normalized spacial score (nSPS) is 12.9. The minimum Gasteiger partial charge on any atom is -0.450 e. The highest BCUT2D eigenvalue weighted by molar-refractivity contribution is 5.84. The Morgan fingerprint density at radius 1 is 1.17 bits per heavy atom. The number of benzene rings is 1. The van der Waals surface area contributed by atoms with E-state index in [0.29, 0.717) is 0 Å². The lowest BCUT2D eigenvalue weighted by Gasteiger charge is -2.19. The number of Topliss-reactive ketones (excluding diaryl/α,β-unsaturated/α-hetero) is 1. The Kier molecular flexibility index (Phi) is 4.11. The molecule has 0 heterocycles. The first-order valence-electron chi connectivity index (χ1n) is 5.07. The van der Waals surface area contributed by atoms with Crippen molar-refractivity contribution in [2.24, 2.45) is 0 Å². The van der Waals surface area contributed by atoms with E-state index in [1.165, 1.54) is 12.1 Å². The summed E-state index contributed by atoms with van der Waals surface area (Å²) >= 11 is 0. The Morgan fingerprint density at radius 3 is 2.17 bits per heavy atom. The van der Waals surface area contributed by atoms with Gasteiger partial charge in [-0.25, -0.2) is 0 Å². The van der Waals surface area contributed by atoms with Gasteiger partial charge in [0.25, 0.3) is 0 Å². The van der Waals surface area contributed by atoms with Gasteiger partial charge in [0, 0.05) is 12.5 Å². The van der Waals surface area contributed by atoms with Crippen molar-refractivity contribution in [3.8, 4) is 0 Å². The van der Waals surface area contributed by atoms with Crippen LogP contribution in [0.5, 0.6) is 0 Å². The number of rotatable bonds is 3. The number of esters is 1. The molecule has 18 heavy (non-hydrogen) atoms. The minimum absolute atomic E-state index is 0.354. The number of alkyl halides is 3. The van der Waals surface area contributed by atoms with Gasteiger partial charge < -0.3 is 4.74 Å². The summed E-state index contributed by atoms with van der Waals surface area (Å²) in [6.07, 6.45) is -6.13. The molecule has 0 unspecified atom stereocenters. The molecular weight excluding hydrogens is 249 g/mol. The lowest BCUT2D eigenvalue weighted by molar-refractivity contribution is -0.155. The van der Waals surface area contributed by atoms with Gasteiger partial charge in [-0.3, -0.25) is 9.59 Å². The minimum atomic E-state index is -4.61. The highest BCUT2D eigenvalue weighted by Crippen LogP contribution is 2.35. The molecule has 3 nitrogen and oxygen atoms in total. The van der Waals surface area contributed by atoms with Crippen molar-refractivity contribution in [1.82, 2.24) is 0 Å². The predicted octanol–water partition coefficient (Wildman–Crippen LogP) is 2.90. The maximum Gasteiger partial charge on any atom is 0.416 e. The van der Waals surface area contributed by atoms with Crippen LogP contribution >= 0.6 is 0 Å². The molecule has 1 aromatic carbocycles. The summed E-state index contributed by atoms with van der Waals surface area (Å²) in [4.78, 5) is 22.2. The molecule has 0 aliphatic carbocycles. The molecule has 0 aromatic heterocycles. The first kappa shape index (κ1) is 14.2. The predicted molar refractivity (Wildman–Crippen MR) is 56.6 cm³/mol. The molecular formula is C12H11F3O3. The highest BCUT2D eigenvalue weighted by Gasteiger charge is 2.36. The van der Waals surface area contributed by atoms with Crippen molar-refractivity contribution in [1.29, 1.82) is 0 Å². The van der Waals surface area contributed by atoms with Crippen molar-refractivity contribution in [3.05, 3.63) is 35.4 Å². The fourth-order valence-corrected chi connectivity index (χ4v) is 1.52. The molecule has 0 bridgehead atoms. The second kappa shape index (κ2) is 5.20. The van der Waals surface area contributed by atoms with Crippen LogP contribution < -0.4 is 0 Å². The number of hydrogen-bond acceptors (Lipinski definition) is 3. The molecule has 1 rings (SSSR count). The maximum absolute atomic E-state index is 12.8. The third-order valence-electron chi connectivity index (χ3n) is 2.20. The molecule has 1 aromatic rings. The molecule has 0 N–H and O–H groups in total. The van der Waals surface area contributed by atoms with Crippen molar-refractivity contribution in [2.45, 2.75) is 26.1 Å². The number of hydrogen-bond donors (Lipinski definition) is 0. The molecule has 0 saturated carbocycles. The lowest BCUT2D eigenvalue weighted by atomic mass is 9.99. The van der Waals surface area contributed by atoms with E-state index in [4.69, 9.17) is 0 Å². The van der Waals surface area contributed by atoms with Crippen LogP contribution in [0, 0.1) is 0 Å². The molecule has 0 fully saturated rings. The zero-order chi connectivity index (χ0) is 13.9. The second-order valence-corrected chi connectivity index (χ2v) is 3.69. The van der Waals surface area contributed by atoms with Gasteiger partial charge in [0.05, 0.1) is 5.56 Å². The van der Waals surface area contributed by atoms with Crippen molar-refractivity contribution >= 4 is 11.8 Å². The maximum atomic E-state index is 12.8. The number of carbonyl (C=O) groups is 2. The van der Waals surface area contributed by atoms with E-state index >= 15 is 0 Å². The monoisotopic (exact) mass is 260 g/mol. The Bertz CT molecular complexity index is 466. The SMILES string of the molecule is CC(=O)O[C@H](C(C)=O)c1ccccc1C(F)(F)F. The van der Waals surface area contributed by atoms with Gasteiger partial charge in [0.2, 0.25) is 0 Å². The third-order valence-corrected chi connectivity index (χ3v) is 2.20. The van der Waals surface area contributed by atoms with E-state index in [1.807, 2.05) is 0 Å². The van der Waals surface area contributed by atoms with Gasteiger partial charge in [-0.15, -0.1) is 0 Å². The van der Waals surface area contributed by atoms with Crippen molar-refractivity contribution in [2.75, 3.05) is 0 Å². The number of carbonyl (C=O) groups excluding carboxylic acids is 2. The smallest absolute Gasteiger partial charge is 0.416 e. The fraction of sp³-hybridized carbons (Fsp3) is 0.333. The highest BCUT2D eigenvalue weighted by atomic mass is 19.4. The fourth-order valence-electron chi connectivity index (χ4n) is 1.52. The molecule has 0 aliphatic heterocycles. The number of ether oxygens (including phenoxy) is 1. The van der Waals surface area contributed by atoms with Crippen molar-refractivity contribution in [3.63, 3.8) is 0 Å². The van der Waals surface area contributed by atoms with Crippen LogP contribution in [0.4, 0.5) is 13.2 Å². The van der Waals surface area contributed by atoms with Crippen LogP contribution in [0.2, 0.25) is 0 Å². The van der Waals surface area contributed by atoms with Crippen LogP contribution in [-0.4, -0.2) is 11.8 Å². The summed E-state index contributed by atoms with van der Waals surface area (Å²) in [7, 11) is 0. The Hall–Kier alpha value is -1.85. The van der Waals surface area contributed by atoms with Crippen LogP contribution in [0.15, 0.2) is 24.3 Å². The summed E-state index contributed by atoms with van der Waals surface area (Å²) in [6, 6.07) is 4.52. The van der Waals surface area contributed by atoms with E-state index in [1.54, 1.807) is 0 Å². The largest absolute Gasteiger partial charge is 0.450 e. The zero-order valence-corrected chi connectivity index (χ0v) is 9.75. The summed E-state index contributed by atoms with van der Waals surface area (Å²) in [5.74, 6) is -1.48. The molecule has 0 saturated heterocycles. The molecule has 0 spiro atoms. The number of ketones is 1. The average Bonchev–Trinajstić information content (AvgIpc) is 2.24. The van der Waals surface area contributed by atoms with Crippen LogP contribution in [-0.2, 0) is 20.5 Å². The Morgan fingerprint density at radius 2 is 1.72 bits per heavy atom. The van der Waals surface area contributed by atoms with Gasteiger partial charge in [-0.2, -0.15) is 13.2 Å². The number of halogens is 3. The van der Waals surface area contributed by atoms with Crippen LogP contribution in [0.25, 0.3) is 0 Å². The summed E-state index contributed by atoms with van der Waals surface area (Å²) in [5, 5.41) is 0. The standard InChI is InChI=1S/C12H11F3O3/c1-7(16)11(18-8(2)17)9-5-3-4-6-10(9)12(13,14)15/h3-6,11H,1-2H3/t11-/m1/s1. The van der Waals surface area contributed by atoms with E-state index < -0.39 is 29.6 Å². The first-order valence-corrected chi connectivity index (χ1v) is 5.07. The molecule has 0 radical (unpaired) electrons. The third kappa shape index (κ3) is 3.32. The topological polar surface area (TPSA) is 43.4 Å². The van der Waals surface area contributed by atoms with E-state index in [0.717, 1.165) is 26.0 Å². The Labute approximate surface area is 102 Å². The average molecular weight is 260 g/mol. The second-order valence-electron chi connectivity index (χ2n) is 3.69. The van der Waals surface area contributed by atoms with Crippen LogP contribution in [0.3, 0.4) is 0 Å². The van der Waals surface area contributed by atoms with E-state index in [2.05, 4.69) is 4.74 Å². The molecule has 98 valence electrons. The summed E-state index contributed by atoms with van der Waals surface area (Å²) < 4.78 is 42.9. The Balaban J connectivity index is 3.28. The van der Waals surface area contributed by atoms with E-state index in [9.17, 15) is 22.8 Å². The van der Waals surface area contributed by atoms with Gasteiger partial charge in [-0.1, -0.05) is 18.2 Å². The summed E-state index contributed by atoms with van der Waals surface area (Å²) in [5.41, 5.74) is -1.33. The van der Waals surface area contributed by atoms with Crippen molar-refractivity contribution < 1.29 is 27.5 Å². The van der Waals surface area contributed by atoms with Gasteiger partial charge >= 0.3 is 12.1 Å². The van der Waals surface area contributed by atoms with E-state index in [-0.39, 0.29) is 5.56 Å².